The summed E-state index contributed by atoms with van der Waals surface area (Å²) < 4.78 is 0. The summed E-state index contributed by atoms with van der Waals surface area (Å²) in [5.74, 6) is 0.901. The SMILES string of the molecule is Cc1cc(C#N)nc(N2CCCC(CO)C2)n1. The largest absolute Gasteiger partial charge is 0.396 e. The van der Waals surface area contributed by atoms with Crippen molar-refractivity contribution in [3.05, 3.63) is 17.5 Å². The van der Waals surface area contributed by atoms with Crippen molar-refractivity contribution >= 4 is 5.95 Å². The van der Waals surface area contributed by atoms with Crippen LogP contribution in [0.1, 0.15) is 24.2 Å². The van der Waals surface area contributed by atoms with Crippen LogP contribution in [0, 0.1) is 24.2 Å². The minimum Gasteiger partial charge on any atom is -0.396 e. The molecular weight excluding hydrogens is 216 g/mol. The second-order valence-corrected chi connectivity index (χ2v) is 4.44. The minimum absolute atomic E-state index is 0.202. The van der Waals surface area contributed by atoms with Gasteiger partial charge >= 0.3 is 0 Å². The van der Waals surface area contributed by atoms with E-state index in [9.17, 15) is 5.11 Å². The molecule has 90 valence electrons. The summed E-state index contributed by atoms with van der Waals surface area (Å²) in [6, 6.07) is 3.72. The molecule has 1 aromatic heterocycles. The van der Waals surface area contributed by atoms with Gasteiger partial charge in [0.25, 0.3) is 0 Å². The Morgan fingerprint density at radius 2 is 2.41 bits per heavy atom. The first-order chi connectivity index (χ1) is 8.22. The van der Waals surface area contributed by atoms with Gasteiger partial charge in [0.15, 0.2) is 0 Å². The average Bonchev–Trinajstić information content (AvgIpc) is 2.38. The van der Waals surface area contributed by atoms with Gasteiger partial charge in [-0.05, 0) is 31.7 Å². The molecule has 0 bridgehead atoms. The predicted molar refractivity (Wildman–Crippen MR) is 63.5 cm³/mol. The number of hydrogen-bond acceptors (Lipinski definition) is 5. The van der Waals surface area contributed by atoms with Crippen LogP contribution in [0.25, 0.3) is 0 Å². The van der Waals surface area contributed by atoms with E-state index in [0.717, 1.165) is 31.6 Å². The van der Waals surface area contributed by atoms with Crippen molar-refractivity contribution < 1.29 is 5.11 Å². The number of hydrogen-bond donors (Lipinski definition) is 1. The number of aryl methyl sites for hydroxylation is 1. The van der Waals surface area contributed by atoms with E-state index in [4.69, 9.17) is 5.26 Å². The number of aliphatic hydroxyl groups excluding tert-OH is 1. The summed E-state index contributed by atoms with van der Waals surface area (Å²) in [6.07, 6.45) is 2.08. The standard InChI is InChI=1S/C12H16N4O/c1-9-5-11(6-13)15-12(14-9)16-4-2-3-10(7-16)8-17/h5,10,17H,2-4,7-8H2,1H3. The molecule has 0 aliphatic carbocycles. The van der Waals surface area contributed by atoms with Crippen molar-refractivity contribution in [1.29, 1.82) is 5.26 Å². The molecule has 1 aromatic rings. The highest BCUT2D eigenvalue weighted by Crippen LogP contribution is 2.20. The van der Waals surface area contributed by atoms with Crippen LogP contribution >= 0.6 is 0 Å². The number of nitrogens with zero attached hydrogens (tertiary/aromatic N) is 4. The average molecular weight is 232 g/mol. The first-order valence-electron chi connectivity index (χ1n) is 5.84. The molecule has 1 N–H and O–H groups in total. The van der Waals surface area contributed by atoms with Crippen LogP contribution in [-0.4, -0.2) is 34.8 Å². The molecular formula is C12H16N4O. The Morgan fingerprint density at radius 1 is 1.59 bits per heavy atom. The molecule has 5 heteroatoms. The molecule has 1 saturated heterocycles. The molecule has 2 heterocycles. The molecule has 0 radical (unpaired) electrons. The first kappa shape index (κ1) is 11.8. The van der Waals surface area contributed by atoms with Crippen molar-refractivity contribution in [3.63, 3.8) is 0 Å². The van der Waals surface area contributed by atoms with Crippen LogP contribution in [0.2, 0.25) is 0 Å². The summed E-state index contributed by atoms with van der Waals surface area (Å²) in [5, 5.41) is 18.1. The molecule has 1 atom stereocenters. The van der Waals surface area contributed by atoms with Crippen LogP contribution < -0.4 is 4.90 Å². The van der Waals surface area contributed by atoms with Gasteiger partial charge in [0, 0.05) is 25.4 Å². The second kappa shape index (κ2) is 5.11. The van der Waals surface area contributed by atoms with Gasteiger partial charge in [-0.2, -0.15) is 5.26 Å². The molecule has 0 amide bonds. The maximum absolute atomic E-state index is 9.19. The topological polar surface area (TPSA) is 73.0 Å². The number of aliphatic hydroxyl groups is 1. The highest BCUT2D eigenvalue weighted by Gasteiger charge is 2.21. The number of nitriles is 1. The lowest BCUT2D eigenvalue weighted by atomic mass is 9.99. The van der Waals surface area contributed by atoms with Crippen LogP contribution in [0.4, 0.5) is 5.95 Å². The number of aromatic nitrogens is 2. The number of rotatable bonds is 2. The fourth-order valence-electron chi connectivity index (χ4n) is 2.15. The van der Waals surface area contributed by atoms with Gasteiger partial charge in [-0.15, -0.1) is 0 Å². The number of piperidine rings is 1. The monoisotopic (exact) mass is 232 g/mol. The lowest BCUT2D eigenvalue weighted by Gasteiger charge is -2.31. The van der Waals surface area contributed by atoms with E-state index >= 15 is 0 Å². The quantitative estimate of drug-likeness (QED) is 0.819. The van der Waals surface area contributed by atoms with Crippen LogP contribution in [-0.2, 0) is 0 Å². The van der Waals surface area contributed by atoms with Crippen LogP contribution in [0.5, 0.6) is 0 Å². The molecule has 5 nitrogen and oxygen atoms in total. The Balaban J connectivity index is 2.21. The molecule has 1 fully saturated rings. The van der Waals surface area contributed by atoms with Crippen LogP contribution in [0.3, 0.4) is 0 Å². The van der Waals surface area contributed by atoms with Crippen molar-refractivity contribution in [3.8, 4) is 6.07 Å². The van der Waals surface area contributed by atoms with E-state index in [1.165, 1.54) is 0 Å². The Morgan fingerprint density at radius 3 is 3.12 bits per heavy atom. The zero-order valence-electron chi connectivity index (χ0n) is 9.93. The van der Waals surface area contributed by atoms with Gasteiger partial charge in [0.2, 0.25) is 5.95 Å². The Labute approximate surface area is 101 Å². The lowest BCUT2D eigenvalue weighted by Crippen LogP contribution is -2.38. The van der Waals surface area contributed by atoms with E-state index in [0.29, 0.717) is 17.6 Å². The summed E-state index contributed by atoms with van der Waals surface area (Å²) in [7, 11) is 0. The highest BCUT2D eigenvalue weighted by atomic mass is 16.3. The Hall–Kier alpha value is -1.67. The molecule has 2 rings (SSSR count). The van der Waals surface area contributed by atoms with Gasteiger partial charge in [-0.1, -0.05) is 0 Å². The third-order valence-corrected chi connectivity index (χ3v) is 3.02. The lowest BCUT2D eigenvalue weighted by molar-refractivity contribution is 0.208. The van der Waals surface area contributed by atoms with Crippen molar-refractivity contribution in [1.82, 2.24) is 9.97 Å². The fourth-order valence-corrected chi connectivity index (χ4v) is 2.15. The fraction of sp³-hybridized carbons (Fsp3) is 0.583. The third kappa shape index (κ3) is 2.71. The van der Waals surface area contributed by atoms with E-state index in [1.807, 2.05) is 13.0 Å². The van der Waals surface area contributed by atoms with Crippen molar-refractivity contribution in [2.24, 2.45) is 5.92 Å². The molecule has 0 aromatic carbocycles. The second-order valence-electron chi connectivity index (χ2n) is 4.44. The molecule has 1 unspecified atom stereocenters. The predicted octanol–water partition coefficient (Wildman–Crippen LogP) is 0.865. The summed E-state index contributed by atoms with van der Waals surface area (Å²) in [6.45, 7) is 3.72. The van der Waals surface area contributed by atoms with E-state index in [2.05, 4.69) is 14.9 Å². The van der Waals surface area contributed by atoms with E-state index in [-0.39, 0.29) is 6.61 Å². The number of anilines is 1. The summed E-state index contributed by atoms with van der Waals surface area (Å²) in [4.78, 5) is 10.6. The van der Waals surface area contributed by atoms with Gasteiger partial charge in [0.1, 0.15) is 11.8 Å². The smallest absolute Gasteiger partial charge is 0.226 e. The van der Waals surface area contributed by atoms with E-state index < -0.39 is 0 Å². The van der Waals surface area contributed by atoms with Crippen molar-refractivity contribution in [2.75, 3.05) is 24.6 Å². The molecule has 17 heavy (non-hydrogen) atoms. The van der Waals surface area contributed by atoms with Crippen molar-refractivity contribution in [2.45, 2.75) is 19.8 Å². The summed E-state index contributed by atoms with van der Waals surface area (Å²) in [5.41, 5.74) is 1.20. The zero-order chi connectivity index (χ0) is 12.3. The Bertz CT molecular complexity index is 441. The van der Waals surface area contributed by atoms with Gasteiger partial charge in [-0.25, -0.2) is 9.97 Å². The summed E-state index contributed by atoms with van der Waals surface area (Å²) >= 11 is 0. The molecule has 1 aliphatic rings. The van der Waals surface area contributed by atoms with E-state index in [1.54, 1.807) is 6.07 Å². The maximum atomic E-state index is 9.19. The zero-order valence-corrected chi connectivity index (χ0v) is 9.93. The molecule has 1 aliphatic heterocycles. The normalized spacial score (nSPS) is 20.1. The molecule has 0 saturated carbocycles. The highest BCUT2D eigenvalue weighted by molar-refractivity contribution is 5.36. The first-order valence-corrected chi connectivity index (χ1v) is 5.84. The minimum atomic E-state index is 0.202. The van der Waals surface area contributed by atoms with Crippen LogP contribution in [0.15, 0.2) is 6.07 Å². The van der Waals surface area contributed by atoms with Gasteiger partial charge in [0.05, 0.1) is 0 Å². The van der Waals surface area contributed by atoms with Gasteiger partial charge < -0.3 is 10.0 Å². The Kier molecular flexibility index (Phi) is 3.55. The third-order valence-electron chi connectivity index (χ3n) is 3.02. The van der Waals surface area contributed by atoms with Gasteiger partial charge in [-0.3, -0.25) is 0 Å². The molecule has 0 spiro atoms. The maximum Gasteiger partial charge on any atom is 0.226 e.